The fourth-order valence-electron chi connectivity index (χ4n) is 3.42. The standard InChI is InChI=1S/C26H42O4/c1-19(2)13-7-9-15-21(5)29-25(27)23-17-11-12-18-24(23)26(28)30-22(6)16-10-8-14-20(3)4/h11-12,17-22H,7-10,13-16H2,1-6H3. The molecular formula is C26H42O4. The van der Waals surface area contributed by atoms with E-state index in [1.807, 2.05) is 13.8 Å². The van der Waals surface area contributed by atoms with Gasteiger partial charge in [0.1, 0.15) is 0 Å². The van der Waals surface area contributed by atoms with E-state index in [1.165, 1.54) is 12.8 Å². The van der Waals surface area contributed by atoms with E-state index in [1.54, 1.807) is 24.3 Å². The van der Waals surface area contributed by atoms with Crippen molar-refractivity contribution in [1.82, 2.24) is 0 Å². The van der Waals surface area contributed by atoms with Gasteiger partial charge >= 0.3 is 11.9 Å². The van der Waals surface area contributed by atoms with Crippen molar-refractivity contribution in [3.8, 4) is 0 Å². The molecule has 0 N–H and O–H groups in total. The molecule has 0 saturated carbocycles. The number of ether oxygens (including phenoxy) is 2. The highest BCUT2D eigenvalue weighted by Crippen LogP contribution is 2.18. The molecule has 0 bridgehead atoms. The van der Waals surface area contributed by atoms with Crippen LogP contribution in [0.4, 0.5) is 0 Å². The van der Waals surface area contributed by atoms with Gasteiger partial charge in [-0.15, -0.1) is 0 Å². The fourth-order valence-corrected chi connectivity index (χ4v) is 3.42. The second kappa shape index (κ2) is 14.2. The molecule has 0 aliphatic heterocycles. The van der Waals surface area contributed by atoms with Crippen molar-refractivity contribution in [1.29, 1.82) is 0 Å². The van der Waals surface area contributed by atoms with Crippen LogP contribution in [0.2, 0.25) is 0 Å². The Kier molecular flexibility index (Phi) is 12.4. The maximum absolute atomic E-state index is 12.7. The van der Waals surface area contributed by atoms with E-state index >= 15 is 0 Å². The SMILES string of the molecule is CC(C)CCCCC(C)OC(=O)c1ccccc1C(=O)OC(C)CCCCC(C)C. The number of rotatable bonds is 14. The van der Waals surface area contributed by atoms with E-state index in [0.717, 1.165) is 38.5 Å². The lowest BCUT2D eigenvalue weighted by molar-refractivity contribution is 0.0270. The predicted molar refractivity (Wildman–Crippen MR) is 123 cm³/mol. The van der Waals surface area contributed by atoms with E-state index in [-0.39, 0.29) is 23.3 Å². The van der Waals surface area contributed by atoms with Crippen molar-refractivity contribution >= 4 is 11.9 Å². The molecule has 170 valence electrons. The van der Waals surface area contributed by atoms with Crippen molar-refractivity contribution in [3.63, 3.8) is 0 Å². The minimum Gasteiger partial charge on any atom is -0.459 e. The number of unbranched alkanes of at least 4 members (excludes halogenated alkanes) is 2. The Morgan fingerprint density at radius 2 is 0.967 bits per heavy atom. The van der Waals surface area contributed by atoms with Gasteiger partial charge < -0.3 is 9.47 Å². The molecule has 0 aliphatic rings. The zero-order chi connectivity index (χ0) is 22.5. The summed E-state index contributed by atoms with van der Waals surface area (Å²) in [7, 11) is 0. The van der Waals surface area contributed by atoms with Crippen molar-refractivity contribution in [2.75, 3.05) is 0 Å². The van der Waals surface area contributed by atoms with Gasteiger partial charge in [0.15, 0.2) is 0 Å². The zero-order valence-corrected chi connectivity index (χ0v) is 19.9. The van der Waals surface area contributed by atoms with Gasteiger partial charge in [0.2, 0.25) is 0 Å². The van der Waals surface area contributed by atoms with E-state index in [2.05, 4.69) is 27.7 Å². The first-order chi connectivity index (χ1) is 14.2. The lowest BCUT2D eigenvalue weighted by atomic mass is 10.0. The first kappa shape index (κ1) is 26.2. The minimum absolute atomic E-state index is 0.173. The van der Waals surface area contributed by atoms with Gasteiger partial charge in [-0.3, -0.25) is 0 Å². The van der Waals surface area contributed by atoms with Crippen LogP contribution >= 0.6 is 0 Å². The Bertz CT molecular complexity index is 581. The predicted octanol–water partition coefficient (Wildman–Crippen LogP) is 7.21. The first-order valence-electron chi connectivity index (χ1n) is 11.7. The molecule has 1 aromatic carbocycles. The molecule has 0 heterocycles. The molecular weight excluding hydrogens is 376 g/mol. The maximum atomic E-state index is 12.7. The number of esters is 2. The summed E-state index contributed by atoms with van der Waals surface area (Å²) in [6.45, 7) is 12.7. The normalized spacial score (nSPS) is 13.3. The molecule has 0 amide bonds. The van der Waals surface area contributed by atoms with E-state index < -0.39 is 11.9 Å². The second-order valence-electron chi connectivity index (χ2n) is 9.33. The number of hydrogen-bond donors (Lipinski definition) is 0. The minimum atomic E-state index is -0.455. The molecule has 1 rings (SSSR count). The van der Waals surface area contributed by atoms with Crippen LogP contribution in [0.25, 0.3) is 0 Å². The van der Waals surface area contributed by atoms with Gasteiger partial charge in [-0.05, 0) is 63.5 Å². The molecule has 4 heteroatoms. The highest BCUT2D eigenvalue weighted by Gasteiger charge is 2.22. The lowest BCUT2D eigenvalue weighted by Gasteiger charge is -2.17. The monoisotopic (exact) mass is 418 g/mol. The van der Waals surface area contributed by atoms with Gasteiger partial charge in [0.25, 0.3) is 0 Å². The molecule has 0 spiro atoms. The van der Waals surface area contributed by atoms with Crippen LogP contribution in [0.3, 0.4) is 0 Å². The summed E-state index contributed by atoms with van der Waals surface area (Å²) in [6, 6.07) is 6.77. The third kappa shape index (κ3) is 10.8. The fraction of sp³-hybridized carbons (Fsp3) is 0.692. The molecule has 0 saturated heterocycles. The summed E-state index contributed by atoms with van der Waals surface area (Å²) in [4.78, 5) is 25.3. The summed E-state index contributed by atoms with van der Waals surface area (Å²) in [5, 5.41) is 0. The van der Waals surface area contributed by atoms with Gasteiger partial charge in [-0.1, -0.05) is 65.5 Å². The molecule has 2 atom stereocenters. The third-order valence-electron chi connectivity index (χ3n) is 5.27. The van der Waals surface area contributed by atoms with Crippen LogP contribution in [0.15, 0.2) is 24.3 Å². The molecule has 0 aliphatic carbocycles. The van der Waals surface area contributed by atoms with Crippen LogP contribution in [0.5, 0.6) is 0 Å². The molecule has 1 aromatic rings. The summed E-state index contributed by atoms with van der Waals surface area (Å²) in [5.74, 6) is 0.476. The number of benzene rings is 1. The molecule has 2 unspecified atom stereocenters. The van der Waals surface area contributed by atoms with Crippen molar-refractivity contribution < 1.29 is 19.1 Å². The lowest BCUT2D eigenvalue weighted by Crippen LogP contribution is -2.21. The second-order valence-corrected chi connectivity index (χ2v) is 9.33. The van der Waals surface area contributed by atoms with Crippen LogP contribution in [-0.4, -0.2) is 24.1 Å². The Hall–Kier alpha value is -1.84. The van der Waals surface area contributed by atoms with Gasteiger partial charge in [0.05, 0.1) is 23.3 Å². The Balaban J connectivity index is 2.57. The van der Waals surface area contributed by atoms with Crippen LogP contribution in [0.1, 0.15) is 114 Å². The van der Waals surface area contributed by atoms with Crippen molar-refractivity contribution in [2.24, 2.45) is 11.8 Å². The molecule has 4 nitrogen and oxygen atoms in total. The van der Waals surface area contributed by atoms with Gasteiger partial charge in [-0.2, -0.15) is 0 Å². The molecule has 0 fully saturated rings. The number of hydrogen-bond acceptors (Lipinski definition) is 4. The summed E-state index contributed by atoms with van der Waals surface area (Å²) < 4.78 is 11.2. The number of carbonyl (C=O) groups excluding carboxylic acids is 2. The number of carbonyl (C=O) groups is 2. The van der Waals surface area contributed by atoms with Gasteiger partial charge in [-0.25, -0.2) is 9.59 Å². The summed E-state index contributed by atoms with van der Waals surface area (Å²) in [6.07, 6.45) is 8.03. The van der Waals surface area contributed by atoms with Gasteiger partial charge in [0, 0.05) is 0 Å². The van der Waals surface area contributed by atoms with Crippen LogP contribution in [0, 0.1) is 11.8 Å². The average molecular weight is 419 g/mol. The summed E-state index contributed by atoms with van der Waals surface area (Å²) >= 11 is 0. The smallest absolute Gasteiger partial charge is 0.339 e. The Morgan fingerprint density at radius 3 is 1.30 bits per heavy atom. The van der Waals surface area contributed by atoms with E-state index in [9.17, 15) is 9.59 Å². The molecule has 30 heavy (non-hydrogen) atoms. The topological polar surface area (TPSA) is 52.6 Å². The average Bonchev–Trinajstić information content (AvgIpc) is 2.68. The van der Waals surface area contributed by atoms with E-state index in [4.69, 9.17) is 9.47 Å². The quantitative estimate of drug-likeness (QED) is 0.236. The molecule has 0 aromatic heterocycles. The molecule has 0 radical (unpaired) electrons. The summed E-state index contributed by atoms with van der Waals surface area (Å²) in [5.41, 5.74) is 0.562. The maximum Gasteiger partial charge on any atom is 0.339 e. The Labute approximate surface area is 183 Å². The van der Waals surface area contributed by atoms with Crippen LogP contribution < -0.4 is 0 Å². The highest BCUT2D eigenvalue weighted by molar-refractivity contribution is 6.03. The largest absolute Gasteiger partial charge is 0.459 e. The Morgan fingerprint density at radius 1 is 0.633 bits per heavy atom. The van der Waals surface area contributed by atoms with Crippen LogP contribution in [-0.2, 0) is 9.47 Å². The van der Waals surface area contributed by atoms with Crippen molar-refractivity contribution in [2.45, 2.75) is 105 Å². The third-order valence-corrected chi connectivity index (χ3v) is 5.27. The van der Waals surface area contributed by atoms with Crippen molar-refractivity contribution in [3.05, 3.63) is 35.4 Å². The van der Waals surface area contributed by atoms with E-state index in [0.29, 0.717) is 11.8 Å². The zero-order valence-electron chi connectivity index (χ0n) is 19.9. The highest BCUT2D eigenvalue weighted by atomic mass is 16.5. The first-order valence-corrected chi connectivity index (χ1v) is 11.7.